The molecule has 3 rings (SSSR count). The van der Waals surface area contributed by atoms with Crippen LogP contribution in [-0.2, 0) is 10.1 Å². The molecule has 2 aromatic carbocycles. The van der Waals surface area contributed by atoms with Crippen LogP contribution < -0.4 is 0 Å². The fraction of sp³-hybridized carbons (Fsp3) is 0. The van der Waals surface area contributed by atoms with Crippen LogP contribution in [0.1, 0.15) is 0 Å². The highest BCUT2D eigenvalue weighted by molar-refractivity contribution is 7.86. The molecule has 0 aliphatic carbocycles. The summed E-state index contributed by atoms with van der Waals surface area (Å²) in [5.74, 6) is 0. The molecule has 1 heterocycles. The van der Waals surface area contributed by atoms with Gasteiger partial charge in [0.2, 0.25) is 0 Å². The van der Waals surface area contributed by atoms with Crippen LogP contribution in [0.2, 0.25) is 0 Å². The Morgan fingerprint density at radius 2 is 1.68 bits per heavy atom. The second kappa shape index (κ2) is 4.15. The lowest BCUT2D eigenvalue weighted by Gasteiger charge is -2.06. The molecule has 0 spiro atoms. The van der Waals surface area contributed by atoms with Crippen LogP contribution in [0, 0.1) is 0 Å². The monoisotopic (exact) mass is 275 g/mol. The lowest BCUT2D eigenvalue weighted by atomic mass is 10.3. The molecule has 96 valence electrons. The van der Waals surface area contributed by atoms with E-state index < -0.39 is 10.1 Å². The third-order valence-electron chi connectivity index (χ3n) is 2.72. The Morgan fingerprint density at radius 1 is 1.00 bits per heavy atom. The molecular weight excluding hydrogens is 266 g/mol. The van der Waals surface area contributed by atoms with Crippen LogP contribution >= 0.6 is 0 Å². The average molecular weight is 275 g/mol. The van der Waals surface area contributed by atoms with Gasteiger partial charge in [0.05, 0.1) is 11.2 Å². The van der Waals surface area contributed by atoms with Crippen molar-refractivity contribution >= 4 is 21.2 Å². The molecule has 0 fully saturated rings. The van der Waals surface area contributed by atoms with Gasteiger partial charge >= 0.3 is 0 Å². The normalized spacial score (nSPS) is 11.8. The van der Waals surface area contributed by atoms with Gasteiger partial charge in [0.25, 0.3) is 10.1 Å². The minimum absolute atomic E-state index is 0.203. The van der Waals surface area contributed by atoms with E-state index in [-0.39, 0.29) is 10.6 Å². The predicted octanol–water partition coefficient (Wildman–Crippen LogP) is 1.67. The number of aromatic nitrogens is 3. The highest BCUT2D eigenvalue weighted by Crippen LogP contribution is 2.22. The molecular formula is C12H9N3O3S. The molecule has 0 aliphatic rings. The van der Waals surface area contributed by atoms with Gasteiger partial charge in [0.15, 0.2) is 0 Å². The van der Waals surface area contributed by atoms with Crippen LogP contribution in [0.25, 0.3) is 16.7 Å². The van der Waals surface area contributed by atoms with E-state index in [2.05, 4.69) is 10.3 Å². The lowest BCUT2D eigenvalue weighted by molar-refractivity contribution is 0.482. The van der Waals surface area contributed by atoms with Crippen LogP contribution in [0.15, 0.2) is 53.4 Å². The van der Waals surface area contributed by atoms with Crippen molar-refractivity contribution in [2.24, 2.45) is 0 Å². The van der Waals surface area contributed by atoms with Gasteiger partial charge in [-0.05, 0) is 24.3 Å². The van der Waals surface area contributed by atoms with Gasteiger partial charge in [0, 0.05) is 0 Å². The maximum absolute atomic E-state index is 11.4. The van der Waals surface area contributed by atoms with E-state index in [1.54, 1.807) is 30.3 Å². The highest BCUT2D eigenvalue weighted by Gasteiger charge is 2.18. The third-order valence-corrected chi connectivity index (χ3v) is 3.62. The summed E-state index contributed by atoms with van der Waals surface area (Å²) in [6.07, 6.45) is 0. The van der Waals surface area contributed by atoms with Crippen LogP contribution in [0.5, 0.6) is 0 Å². The minimum atomic E-state index is -4.32. The van der Waals surface area contributed by atoms with Gasteiger partial charge in [0.1, 0.15) is 10.4 Å². The van der Waals surface area contributed by atoms with Crippen molar-refractivity contribution in [3.63, 3.8) is 0 Å². The summed E-state index contributed by atoms with van der Waals surface area (Å²) in [5.41, 5.74) is 1.57. The molecule has 0 radical (unpaired) electrons. The quantitative estimate of drug-likeness (QED) is 0.719. The Kier molecular flexibility index (Phi) is 2.58. The Hall–Kier alpha value is -2.25. The number of fused-ring (bicyclic) bond motifs is 1. The maximum atomic E-state index is 11.4. The zero-order valence-corrected chi connectivity index (χ0v) is 10.4. The number of nitrogens with zero attached hydrogens (tertiary/aromatic N) is 3. The molecule has 3 aromatic rings. The van der Waals surface area contributed by atoms with E-state index in [9.17, 15) is 13.0 Å². The van der Waals surface area contributed by atoms with Crippen molar-refractivity contribution in [3.8, 4) is 5.69 Å². The van der Waals surface area contributed by atoms with E-state index in [1.807, 2.05) is 6.07 Å². The van der Waals surface area contributed by atoms with Crippen LogP contribution in [0.3, 0.4) is 0 Å². The standard InChI is InChI=1S/C12H9N3O3S/c16-19(17,18)12-8-4-3-7-11(12)15-10-6-2-1-5-9(10)13-14-15/h1-8H,(H,16,17,18). The number of hydrogen-bond acceptors (Lipinski definition) is 4. The second-order valence-electron chi connectivity index (χ2n) is 3.93. The van der Waals surface area contributed by atoms with Gasteiger partial charge in [-0.2, -0.15) is 8.42 Å². The van der Waals surface area contributed by atoms with Crippen LogP contribution in [0.4, 0.5) is 0 Å². The smallest absolute Gasteiger partial charge is 0.282 e. The van der Waals surface area contributed by atoms with Crippen molar-refractivity contribution in [1.29, 1.82) is 0 Å². The predicted molar refractivity (Wildman–Crippen MR) is 68.7 cm³/mol. The lowest BCUT2D eigenvalue weighted by Crippen LogP contribution is -2.06. The summed E-state index contributed by atoms with van der Waals surface area (Å²) in [5, 5.41) is 7.89. The summed E-state index contributed by atoms with van der Waals surface area (Å²) in [7, 11) is -4.32. The first-order chi connectivity index (χ1) is 9.07. The van der Waals surface area contributed by atoms with E-state index >= 15 is 0 Å². The highest BCUT2D eigenvalue weighted by atomic mass is 32.2. The topological polar surface area (TPSA) is 85.1 Å². The van der Waals surface area contributed by atoms with Gasteiger partial charge in [-0.1, -0.05) is 29.5 Å². The van der Waals surface area contributed by atoms with Crippen molar-refractivity contribution in [1.82, 2.24) is 15.0 Å². The molecule has 0 amide bonds. The Morgan fingerprint density at radius 3 is 2.47 bits per heavy atom. The Bertz CT molecular complexity index is 855. The number of para-hydroxylation sites is 2. The van der Waals surface area contributed by atoms with Crippen molar-refractivity contribution in [2.75, 3.05) is 0 Å². The van der Waals surface area contributed by atoms with Crippen molar-refractivity contribution in [2.45, 2.75) is 4.90 Å². The second-order valence-corrected chi connectivity index (χ2v) is 5.32. The van der Waals surface area contributed by atoms with E-state index in [4.69, 9.17) is 0 Å². The maximum Gasteiger partial charge on any atom is 0.296 e. The number of hydrogen-bond donors (Lipinski definition) is 1. The molecule has 0 aliphatic heterocycles. The third kappa shape index (κ3) is 1.98. The first-order valence-corrected chi connectivity index (χ1v) is 6.89. The Balaban J connectivity index is 2.34. The summed E-state index contributed by atoms with van der Waals surface area (Å²) >= 11 is 0. The van der Waals surface area contributed by atoms with Gasteiger partial charge in [-0.3, -0.25) is 4.55 Å². The molecule has 1 aromatic heterocycles. The zero-order chi connectivity index (χ0) is 13.5. The molecule has 6 nitrogen and oxygen atoms in total. The zero-order valence-electron chi connectivity index (χ0n) is 9.63. The molecule has 0 saturated carbocycles. The first kappa shape index (κ1) is 11.8. The molecule has 0 atom stereocenters. The summed E-state index contributed by atoms with van der Waals surface area (Å²) in [6.45, 7) is 0. The van der Waals surface area contributed by atoms with Crippen LogP contribution in [-0.4, -0.2) is 28.0 Å². The fourth-order valence-corrected chi connectivity index (χ4v) is 2.57. The molecule has 1 N–H and O–H groups in total. The number of benzene rings is 2. The molecule has 0 saturated heterocycles. The average Bonchev–Trinajstić information content (AvgIpc) is 2.81. The molecule has 7 heteroatoms. The fourth-order valence-electron chi connectivity index (χ4n) is 1.90. The van der Waals surface area contributed by atoms with Gasteiger partial charge in [-0.15, -0.1) is 5.10 Å². The first-order valence-electron chi connectivity index (χ1n) is 5.45. The van der Waals surface area contributed by atoms with Gasteiger partial charge in [-0.25, -0.2) is 4.68 Å². The number of rotatable bonds is 2. The molecule has 19 heavy (non-hydrogen) atoms. The molecule has 0 bridgehead atoms. The van der Waals surface area contributed by atoms with Crippen molar-refractivity contribution < 1.29 is 13.0 Å². The van der Waals surface area contributed by atoms with E-state index in [1.165, 1.54) is 16.8 Å². The largest absolute Gasteiger partial charge is 0.296 e. The Labute approximate surface area is 109 Å². The minimum Gasteiger partial charge on any atom is -0.282 e. The summed E-state index contributed by atoms with van der Waals surface area (Å²) in [6, 6.07) is 13.2. The summed E-state index contributed by atoms with van der Waals surface area (Å²) in [4.78, 5) is -0.203. The van der Waals surface area contributed by atoms with Crippen molar-refractivity contribution in [3.05, 3.63) is 48.5 Å². The molecule has 0 unspecified atom stereocenters. The van der Waals surface area contributed by atoms with E-state index in [0.717, 1.165) is 0 Å². The van der Waals surface area contributed by atoms with Gasteiger partial charge < -0.3 is 0 Å². The van der Waals surface area contributed by atoms with E-state index in [0.29, 0.717) is 11.0 Å². The SMILES string of the molecule is O=S(=O)(O)c1ccccc1-n1nnc2ccccc21. The summed E-state index contributed by atoms with van der Waals surface area (Å²) < 4.78 is 33.4.